The summed E-state index contributed by atoms with van der Waals surface area (Å²) < 4.78 is 0. The van der Waals surface area contributed by atoms with Crippen molar-refractivity contribution in [3.8, 4) is 5.75 Å². The number of phenolic OH excluding ortho intramolecular Hbond substituents is 1. The van der Waals surface area contributed by atoms with Crippen molar-refractivity contribution in [2.24, 2.45) is 21.5 Å². The van der Waals surface area contributed by atoms with Gasteiger partial charge in [0.15, 0.2) is 5.96 Å². The van der Waals surface area contributed by atoms with E-state index in [1.165, 1.54) is 24.4 Å². The van der Waals surface area contributed by atoms with E-state index in [0.717, 1.165) is 0 Å². The molecular weight excluding hydrogens is 224 g/mol. The summed E-state index contributed by atoms with van der Waals surface area (Å²) in [5.41, 5.74) is 11.2. The first kappa shape index (κ1) is 12.5. The zero-order valence-corrected chi connectivity index (χ0v) is 8.87. The molecule has 0 aliphatic heterocycles. The van der Waals surface area contributed by atoms with Gasteiger partial charge in [-0.1, -0.05) is 0 Å². The number of nitrogens with zero attached hydrogens (tertiary/aromatic N) is 2. The molecule has 0 amide bonds. The van der Waals surface area contributed by atoms with E-state index < -0.39 is 5.97 Å². The summed E-state index contributed by atoms with van der Waals surface area (Å²) in [5.74, 6) is -1.20. The molecule has 1 aromatic rings. The molecule has 6 N–H and O–H groups in total. The Morgan fingerprint density at radius 3 is 2.71 bits per heavy atom. The van der Waals surface area contributed by atoms with Crippen LogP contribution in [0.5, 0.6) is 5.75 Å². The van der Waals surface area contributed by atoms with Gasteiger partial charge in [0.1, 0.15) is 12.3 Å². The van der Waals surface area contributed by atoms with Gasteiger partial charge in [-0.2, -0.15) is 0 Å². The molecule has 1 rings (SSSR count). The zero-order valence-electron chi connectivity index (χ0n) is 8.87. The van der Waals surface area contributed by atoms with Gasteiger partial charge in [0.05, 0.1) is 5.69 Å². The minimum Gasteiger partial charge on any atom is -0.507 e. The van der Waals surface area contributed by atoms with E-state index in [-0.39, 0.29) is 18.3 Å². The maximum absolute atomic E-state index is 10.3. The second-order valence-electron chi connectivity index (χ2n) is 3.14. The van der Waals surface area contributed by atoms with E-state index >= 15 is 0 Å². The smallest absolute Gasteiger partial charge is 0.325 e. The van der Waals surface area contributed by atoms with E-state index in [0.29, 0.717) is 11.3 Å². The molecule has 0 radical (unpaired) electrons. The Morgan fingerprint density at radius 2 is 2.12 bits per heavy atom. The number of benzene rings is 1. The maximum Gasteiger partial charge on any atom is 0.325 e. The molecule has 0 bridgehead atoms. The molecule has 0 saturated heterocycles. The number of hydrogen-bond acceptors (Lipinski definition) is 4. The normalized spacial score (nSPS) is 10.4. The van der Waals surface area contributed by atoms with Crippen molar-refractivity contribution in [2.45, 2.75) is 0 Å². The molecule has 7 heteroatoms. The summed E-state index contributed by atoms with van der Waals surface area (Å²) in [7, 11) is 0. The Bertz CT molecular complexity index is 478. The predicted octanol–water partition coefficient (Wildman–Crippen LogP) is -0.199. The van der Waals surface area contributed by atoms with Gasteiger partial charge in [-0.3, -0.25) is 9.79 Å². The van der Waals surface area contributed by atoms with Crippen molar-refractivity contribution < 1.29 is 15.0 Å². The number of carboxylic acid groups (broad SMARTS) is 1. The van der Waals surface area contributed by atoms with Gasteiger partial charge in [-0.25, -0.2) is 4.99 Å². The summed E-state index contributed by atoms with van der Waals surface area (Å²) in [6.07, 6.45) is 1.25. The number of guanidine groups is 1. The standard InChI is InChI=1S/C10H12N4O3/c11-10(12)14-7-1-2-8(15)6(3-7)4-13-5-9(16)17/h1-4,15H,5H2,(H,16,17)(H4,11,12,14). The molecule has 0 heterocycles. The van der Waals surface area contributed by atoms with Gasteiger partial charge in [0.25, 0.3) is 0 Å². The largest absolute Gasteiger partial charge is 0.507 e. The molecule has 0 atom stereocenters. The molecule has 7 nitrogen and oxygen atoms in total. The Balaban J connectivity index is 2.94. The molecule has 1 aromatic carbocycles. The fourth-order valence-corrected chi connectivity index (χ4v) is 1.09. The number of aliphatic carboxylic acids is 1. The van der Waals surface area contributed by atoms with Crippen molar-refractivity contribution >= 4 is 23.8 Å². The molecule has 17 heavy (non-hydrogen) atoms. The topological polar surface area (TPSA) is 134 Å². The summed E-state index contributed by atoms with van der Waals surface area (Å²) in [6, 6.07) is 4.40. The number of aliphatic imine (C=N–C) groups is 2. The maximum atomic E-state index is 10.3. The molecule has 0 aliphatic carbocycles. The highest BCUT2D eigenvalue weighted by Crippen LogP contribution is 2.21. The molecule has 0 aromatic heterocycles. The SMILES string of the molecule is NC(N)=Nc1ccc(O)c(C=NCC(=O)O)c1. The van der Waals surface area contributed by atoms with Crippen LogP contribution in [0, 0.1) is 0 Å². The quantitative estimate of drug-likeness (QED) is 0.424. The predicted molar refractivity (Wildman–Crippen MR) is 63.7 cm³/mol. The van der Waals surface area contributed by atoms with Gasteiger partial charge in [-0.05, 0) is 18.2 Å². The monoisotopic (exact) mass is 236 g/mol. The highest BCUT2D eigenvalue weighted by Gasteiger charge is 2.00. The molecule has 0 aliphatic rings. The first-order chi connectivity index (χ1) is 7.99. The highest BCUT2D eigenvalue weighted by molar-refractivity contribution is 5.87. The van der Waals surface area contributed by atoms with E-state index in [1.54, 1.807) is 0 Å². The van der Waals surface area contributed by atoms with Crippen molar-refractivity contribution in [1.82, 2.24) is 0 Å². The number of rotatable bonds is 4. The van der Waals surface area contributed by atoms with Crippen LogP contribution in [0.25, 0.3) is 0 Å². The third-order valence-corrected chi connectivity index (χ3v) is 1.73. The van der Waals surface area contributed by atoms with E-state index in [1.807, 2.05) is 0 Å². The Kier molecular flexibility index (Phi) is 4.04. The number of nitrogens with two attached hydrogens (primary N) is 2. The summed E-state index contributed by atoms with van der Waals surface area (Å²) >= 11 is 0. The molecule has 0 fully saturated rings. The lowest BCUT2D eigenvalue weighted by Gasteiger charge is -2.00. The van der Waals surface area contributed by atoms with Crippen LogP contribution in [0.4, 0.5) is 5.69 Å². The number of phenols is 1. The van der Waals surface area contributed by atoms with Gasteiger partial charge >= 0.3 is 5.97 Å². The lowest BCUT2D eigenvalue weighted by molar-refractivity contribution is -0.135. The van der Waals surface area contributed by atoms with E-state index in [9.17, 15) is 9.90 Å². The minimum absolute atomic E-state index is 0.0336. The summed E-state index contributed by atoms with van der Waals surface area (Å²) in [6.45, 7) is -0.369. The first-order valence-corrected chi connectivity index (χ1v) is 4.63. The van der Waals surface area contributed by atoms with Crippen LogP contribution in [0.2, 0.25) is 0 Å². The molecule has 0 saturated carbocycles. The number of carboxylic acids is 1. The third kappa shape index (κ3) is 4.20. The van der Waals surface area contributed by atoms with Gasteiger partial charge in [0.2, 0.25) is 0 Å². The average molecular weight is 236 g/mol. The first-order valence-electron chi connectivity index (χ1n) is 4.63. The van der Waals surface area contributed by atoms with Crippen molar-refractivity contribution in [3.05, 3.63) is 23.8 Å². The number of aromatic hydroxyl groups is 1. The van der Waals surface area contributed by atoms with Crippen LogP contribution >= 0.6 is 0 Å². The Labute approximate surface area is 97.1 Å². The van der Waals surface area contributed by atoms with Gasteiger partial charge < -0.3 is 21.7 Å². The molecule has 0 spiro atoms. The second-order valence-corrected chi connectivity index (χ2v) is 3.14. The Morgan fingerprint density at radius 1 is 1.41 bits per heavy atom. The number of hydrogen-bond donors (Lipinski definition) is 4. The Hall–Kier alpha value is -2.57. The van der Waals surface area contributed by atoms with Crippen molar-refractivity contribution in [3.63, 3.8) is 0 Å². The molecule has 0 unspecified atom stereocenters. The van der Waals surface area contributed by atoms with Crippen molar-refractivity contribution in [1.29, 1.82) is 0 Å². The molecule has 90 valence electrons. The van der Waals surface area contributed by atoms with Crippen LogP contribution in [-0.2, 0) is 4.79 Å². The summed E-state index contributed by atoms with van der Waals surface area (Å²) in [4.78, 5) is 17.7. The van der Waals surface area contributed by atoms with Crippen LogP contribution in [-0.4, -0.2) is 34.9 Å². The lowest BCUT2D eigenvalue weighted by atomic mass is 10.2. The number of carbonyl (C=O) groups is 1. The van der Waals surface area contributed by atoms with E-state index in [4.69, 9.17) is 16.6 Å². The summed E-state index contributed by atoms with van der Waals surface area (Å²) in [5, 5.41) is 17.9. The van der Waals surface area contributed by atoms with Gasteiger partial charge in [-0.15, -0.1) is 0 Å². The average Bonchev–Trinajstić information content (AvgIpc) is 2.21. The van der Waals surface area contributed by atoms with Crippen LogP contribution in [0.1, 0.15) is 5.56 Å². The zero-order chi connectivity index (χ0) is 12.8. The van der Waals surface area contributed by atoms with Crippen LogP contribution in [0.15, 0.2) is 28.2 Å². The second kappa shape index (κ2) is 5.50. The lowest BCUT2D eigenvalue weighted by Crippen LogP contribution is -2.21. The minimum atomic E-state index is -1.05. The van der Waals surface area contributed by atoms with E-state index in [2.05, 4.69) is 9.98 Å². The van der Waals surface area contributed by atoms with Crippen LogP contribution in [0.3, 0.4) is 0 Å². The third-order valence-electron chi connectivity index (χ3n) is 1.73. The van der Waals surface area contributed by atoms with Crippen molar-refractivity contribution in [2.75, 3.05) is 6.54 Å². The van der Waals surface area contributed by atoms with Crippen LogP contribution < -0.4 is 11.5 Å². The molecular formula is C10H12N4O3. The van der Waals surface area contributed by atoms with Gasteiger partial charge in [0, 0.05) is 11.8 Å². The highest BCUT2D eigenvalue weighted by atomic mass is 16.4. The fourth-order valence-electron chi connectivity index (χ4n) is 1.09. The fraction of sp³-hybridized carbons (Fsp3) is 0.100.